The van der Waals surface area contributed by atoms with Crippen molar-refractivity contribution >= 4 is 34.4 Å². The highest BCUT2D eigenvalue weighted by molar-refractivity contribution is 7.98. The number of nitrogens with two attached hydrogens (primary N) is 1. The van der Waals surface area contributed by atoms with Gasteiger partial charge < -0.3 is 25.8 Å². The van der Waals surface area contributed by atoms with E-state index in [1.807, 2.05) is 0 Å². The smallest absolute Gasteiger partial charge is 0.269 e. The summed E-state index contributed by atoms with van der Waals surface area (Å²) in [6.45, 7) is -0.450. The van der Waals surface area contributed by atoms with Gasteiger partial charge in [0, 0.05) is 17.9 Å². The van der Waals surface area contributed by atoms with Crippen molar-refractivity contribution in [1.29, 1.82) is 0 Å². The molecule has 0 bridgehead atoms. The Morgan fingerprint density at radius 2 is 1.97 bits per heavy atom. The number of rotatable bonds is 6. The third-order valence-corrected chi connectivity index (χ3v) is 5.65. The average Bonchev–Trinajstić information content (AvgIpc) is 3.28. The Hall–Kier alpha value is -2.84. The largest absolute Gasteiger partial charge is 0.394 e. The Bertz CT molecular complexity index is 1080. The molecule has 1 aromatic carbocycles. The standard InChI is InChI=1S/C17H18N6O6S/c18-14-11-15(22(7-19-11)16-13(26)12(25)10(5-24)29-16)21-17(20-14)30-6-8-1-3-9(4-2-8)23(27)28/h1-4,7,10,12-13,16,24-26H,5-6H2,(H2,18,20,21). The molecule has 1 saturated heterocycles. The number of hydrogen-bond acceptors (Lipinski definition) is 11. The van der Waals surface area contributed by atoms with Crippen molar-refractivity contribution in [1.82, 2.24) is 19.5 Å². The van der Waals surface area contributed by atoms with Crippen LogP contribution < -0.4 is 5.73 Å². The number of non-ortho nitro benzene ring substituents is 1. The summed E-state index contributed by atoms with van der Waals surface area (Å²) in [5.41, 5.74) is 7.47. The van der Waals surface area contributed by atoms with Gasteiger partial charge in [-0.3, -0.25) is 14.7 Å². The van der Waals surface area contributed by atoms with E-state index in [1.165, 1.54) is 34.8 Å². The first-order chi connectivity index (χ1) is 14.4. The number of thioether (sulfide) groups is 1. The highest BCUT2D eigenvalue weighted by atomic mass is 32.2. The van der Waals surface area contributed by atoms with Gasteiger partial charge in [-0.05, 0) is 5.56 Å². The second kappa shape index (κ2) is 8.12. The lowest BCUT2D eigenvalue weighted by Gasteiger charge is -2.16. The number of fused-ring (bicyclic) bond motifs is 1. The van der Waals surface area contributed by atoms with Crippen LogP contribution in [0.4, 0.5) is 11.5 Å². The number of anilines is 1. The molecular weight excluding hydrogens is 416 g/mol. The van der Waals surface area contributed by atoms with Gasteiger partial charge >= 0.3 is 0 Å². The van der Waals surface area contributed by atoms with E-state index < -0.39 is 36.1 Å². The van der Waals surface area contributed by atoms with Gasteiger partial charge in [-0.2, -0.15) is 0 Å². The van der Waals surface area contributed by atoms with Gasteiger partial charge in [-0.1, -0.05) is 23.9 Å². The molecule has 13 heteroatoms. The van der Waals surface area contributed by atoms with Crippen LogP contribution in [0.1, 0.15) is 11.8 Å². The molecule has 3 heterocycles. The maximum absolute atomic E-state index is 10.8. The van der Waals surface area contributed by atoms with E-state index in [-0.39, 0.29) is 11.5 Å². The van der Waals surface area contributed by atoms with Crippen LogP contribution in [0.3, 0.4) is 0 Å². The second-order valence-corrected chi connectivity index (χ2v) is 7.60. The van der Waals surface area contributed by atoms with Crippen LogP contribution in [0, 0.1) is 10.1 Å². The van der Waals surface area contributed by atoms with Crippen LogP contribution in [0.15, 0.2) is 35.7 Å². The SMILES string of the molecule is Nc1nc(SCc2ccc([N+](=O)[O-])cc2)nc2c1ncn2C1OC(CO)C(O)C1O. The molecule has 1 fully saturated rings. The Morgan fingerprint density at radius 3 is 2.60 bits per heavy atom. The lowest BCUT2D eigenvalue weighted by molar-refractivity contribution is -0.384. The van der Waals surface area contributed by atoms with Crippen molar-refractivity contribution in [2.24, 2.45) is 0 Å². The minimum Gasteiger partial charge on any atom is -0.394 e. The maximum Gasteiger partial charge on any atom is 0.269 e. The van der Waals surface area contributed by atoms with Gasteiger partial charge in [0.25, 0.3) is 5.69 Å². The number of nitro benzene ring substituents is 1. The van der Waals surface area contributed by atoms with E-state index in [0.29, 0.717) is 22.1 Å². The van der Waals surface area contributed by atoms with Gasteiger partial charge in [0.2, 0.25) is 0 Å². The van der Waals surface area contributed by atoms with Crippen molar-refractivity contribution in [3.63, 3.8) is 0 Å². The number of aromatic nitrogens is 4. The predicted molar refractivity (Wildman–Crippen MR) is 105 cm³/mol. The summed E-state index contributed by atoms with van der Waals surface area (Å²) >= 11 is 1.27. The quantitative estimate of drug-likeness (QED) is 0.180. The van der Waals surface area contributed by atoms with Gasteiger partial charge in [-0.15, -0.1) is 0 Å². The lowest BCUT2D eigenvalue weighted by atomic mass is 10.1. The number of benzene rings is 1. The van der Waals surface area contributed by atoms with Crippen molar-refractivity contribution in [3.8, 4) is 0 Å². The van der Waals surface area contributed by atoms with Crippen LogP contribution in [-0.2, 0) is 10.5 Å². The molecular formula is C17H18N6O6S. The van der Waals surface area contributed by atoms with E-state index in [1.54, 1.807) is 12.1 Å². The van der Waals surface area contributed by atoms with Crippen LogP contribution in [-0.4, -0.2) is 64.7 Å². The minimum absolute atomic E-state index is 0.00746. The molecule has 5 N–H and O–H groups in total. The first-order valence-electron chi connectivity index (χ1n) is 8.87. The van der Waals surface area contributed by atoms with Crippen molar-refractivity contribution in [3.05, 3.63) is 46.3 Å². The Labute approximate surface area is 173 Å². The van der Waals surface area contributed by atoms with Crippen molar-refractivity contribution in [2.75, 3.05) is 12.3 Å². The first kappa shape index (κ1) is 20.4. The number of aliphatic hydroxyl groups is 3. The first-order valence-corrected chi connectivity index (χ1v) is 9.86. The summed E-state index contributed by atoms with van der Waals surface area (Å²) in [6.07, 6.45) is -3.10. The number of nitrogen functional groups attached to an aromatic ring is 1. The fraction of sp³-hybridized carbons (Fsp3) is 0.353. The molecule has 4 atom stereocenters. The molecule has 0 saturated carbocycles. The zero-order chi connectivity index (χ0) is 21.4. The summed E-state index contributed by atoms with van der Waals surface area (Å²) in [7, 11) is 0. The molecule has 0 amide bonds. The van der Waals surface area contributed by atoms with Crippen LogP contribution >= 0.6 is 11.8 Å². The Kier molecular flexibility index (Phi) is 5.53. The van der Waals surface area contributed by atoms with Gasteiger partial charge in [0.05, 0.1) is 17.9 Å². The zero-order valence-electron chi connectivity index (χ0n) is 15.4. The molecule has 2 aromatic heterocycles. The molecule has 1 aliphatic heterocycles. The second-order valence-electron chi connectivity index (χ2n) is 6.66. The van der Waals surface area contributed by atoms with Crippen molar-refractivity contribution < 1.29 is 25.0 Å². The summed E-state index contributed by atoms with van der Waals surface area (Å²) in [4.78, 5) is 23.1. The lowest BCUT2D eigenvalue weighted by Crippen LogP contribution is -2.33. The third kappa shape index (κ3) is 3.68. The maximum atomic E-state index is 10.8. The molecule has 4 unspecified atom stereocenters. The summed E-state index contributed by atoms with van der Waals surface area (Å²) in [6, 6.07) is 6.14. The molecule has 158 valence electrons. The fourth-order valence-corrected chi connectivity index (χ4v) is 3.94. The predicted octanol–water partition coefficient (Wildman–Crippen LogP) is 0.220. The van der Waals surface area contributed by atoms with E-state index >= 15 is 0 Å². The molecule has 0 spiro atoms. The number of nitrogens with zero attached hydrogens (tertiary/aromatic N) is 5. The van der Waals surface area contributed by atoms with E-state index in [0.717, 1.165) is 5.56 Å². The van der Waals surface area contributed by atoms with E-state index in [4.69, 9.17) is 10.5 Å². The monoisotopic (exact) mass is 434 g/mol. The number of aliphatic hydroxyl groups excluding tert-OH is 3. The normalized spacial score (nSPS) is 23.8. The highest BCUT2D eigenvalue weighted by Gasteiger charge is 2.44. The van der Waals surface area contributed by atoms with Gasteiger partial charge in [0.1, 0.15) is 23.8 Å². The number of nitro groups is 1. The Balaban J connectivity index is 1.58. The number of imidazole rings is 1. The molecule has 12 nitrogen and oxygen atoms in total. The number of ether oxygens (including phenoxy) is 1. The van der Waals surface area contributed by atoms with Gasteiger partial charge in [0.15, 0.2) is 22.8 Å². The number of hydrogen-bond donors (Lipinski definition) is 4. The van der Waals surface area contributed by atoms with E-state index in [9.17, 15) is 25.4 Å². The minimum atomic E-state index is -1.29. The molecule has 3 aromatic rings. The molecule has 30 heavy (non-hydrogen) atoms. The van der Waals surface area contributed by atoms with Crippen molar-refractivity contribution in [2.45, 2.75) is 35.4 Å². The molecule has 1 aliphatic rings. The summed E-state index contributed by atoms with van der Waals surface area (Å²) < 4.78 is 6.97. The molecule has 0 radical (unpaired) electrons. The van der Waals surface area contributed by atoms with E-state index in [2.05, 4.69) is 15.0 Å². The average molecular weight is 434 g/mol. The zero-order valence-corrected chi connectivity index (χ0v) is 16.2. The van der Waals surface area contributed by atoms with Crippen LogP contribution in [0.5, 0.6) is 0 Å². The topological polar surface area (TPSA) is 183 Å². The van der Waals surface area contributed by atoms with Crippen LogP contribution in [0.2, 0.25) is 0 Å². The summed E-state index contributed by atoms with van der Waals surface area (Å²) in [5, 5.41) is 40.7. The molecule has 0 aliphatic carbocycles. The van der Waals surface area contributed by atoms with Gasteiger partial charge in [-0.25, -0.2) is 15.0 Å². The van der Waals surface area contributed by atoms with Crippen LogP contribution in [0.25, 0.3) is 11.2 Å². The Morgan fingerprint density at radius 1 is 1.23 bits per heavy atom. The fourth-order valence-electron chi connectivity index (χ4n) is 3.14. The summed E-state index contributed by atoms with van der Waals surface area (Å²) in [5.74, 6) is 0.585. The highest BCUT2D eigenvalue weighted by Crippen LogP contribution is 2.33. The third-order valence-electron chi connectivity index (χ3n) is 4.73. The molecule has 4 rings (SSSR count).